The lowest BCUT2D eigenvalue weighted by molar-refractivity contribution is 0.683. The molecule has 0 spiro atoms. The van der Waals surface area contributed by atoms with E-state index in [0.29, 0.717) is 10.6 Å². The van der Waals surface area contributed by atoms with Crippen LogP contribution in [0.25, 0.3) is 0 Å². The highest BCUT2D eigenvalue weighted by atomic mass is 79.9. The van der Waals surface area contributed by atoms with Crippen molar-refractivity contribution in [2.75, 3.05) is 0 Å². The Morgan fingerprint density at radius 3 is 2.22 bits per heavy atom. The first-order valence-corrected chi connectivity index (χ1v) is 7.50. The lowest BCUT2D eigenvalue weighted by Crippen LogP contribution is -1.95. The summed E-state index contributed by atoms with van der Waals surface area (Å²) in [4.78, 5) is 0.551. The predicted molar refractivity (Wildman–Crippen MR) is 77.9 cm³/mol. The molecule has 0 saturated carbocycles. The molecular formula is C14H10BrNOS. The number of hydrogen-bond acceptors (Lipinski definition) is 2. The Labute approximate surface area is 115 Å². The maximum absolute atomic E-state index is 12.6. The van der Waals surface area contributed by atoms with Crippen LogP contribution in [0, 0.1) is 11.7 Å². The van der Waals surface area contributed by atoms with Gasteiger partial charge in [-0.15, -0.1) is 6.42 Å². The molecule has 1 unspecified atom stereocenters. The van der Waals surface area contributed by atoms with E-state index in [2.05, 4.69) is 25.5 Å². The molecular weight excluding hydrogens is 310 g/mol. The summed E-state index contributed by atoms with van der Waals surface area (Å²) in [7, 11) is -2.83. The summed E-state index contributed by atoms with van der Waals surface area (Å²) < 4.78 is 17.7. The van der Waals surface area contributed by atoms with Crippen molar-refractivity contribution >= 4 is 31.3 Å². The van der Waals surface area contributed by atoms with Crippen LogP contribution >= 0.6 is 15.9 Å². The van der Waals surface area contributed by atoms with Crippen LogP contribution in [0.3, 0.4) is 0 Å². The molecule has 4 heteroatoms. The van der Waals surface area contributed by atoms with Gasteiger partial charge in [0, 0.05) is 9.73 Å². The van der Waals surface area contributed by atoms with E-state index in [1.54, 1.807) is 36.4 Å². The van der Waals surface area contributed by atoms with Crippen molar-refractivity contribution in [1.29, 1.82) is 0 Å². The lowest BCUT2D eigenvalue weighted by Gasteiger charge is -2.03. The van der Waals surface area contributed by atoms with Crippen LogP contribution in [0.1, 0.15) is 0 Å². The molecule has 2 nitrogen and oxygen atoms in total. The largest absolute Gasteiger partial charge is 0.231 e. The molecule has 18 heavy (non-hydrogen) atoms. The smallest absolute Gasteiger partial charge is 0.148 e. The van der Waals surface area contributed by atoms with Gasteiger partial charge in [-0.25, -0.2) is 4.21 Å². The first-order valence-electron chi connectivity index (χ1n) is 5.19. The van der Waals surface area contributed by atoms with Crippen molar-refractivity contribution < 1.29 is 4.21 Å². The van der Waals surface area contributed by atoms with Crippen LogP contribution in [0.5, 0.6) is 0 Å². The fourth-order valence-corrected chi connectivity index (χ4v) is 2.91. The molecule has 0 aliphatic rings. The third-order valence-electron chi connectivity index (χ3n) is 2.28. The van der Waals surface area contributed by atoms with Gasteiger partial charge in [0.25, 0.3) is 0 Å². The molecule has 0 bridgehead atoms. The number of terminal acetylenes is 1. The minimum absolute atomic E-state index is 0.551. The van der Waals surface area contributed by atoms with Gasteiger partial charge in [0.1, 0.15) is 9.73 Å². The van der Waals surface area contributed by atoms with E-state index < -0.39 is 9.73 Å². The maximum Gasteiger partial charge on any atom is 0.148 e. The number of nitrogens with zero attached hydrogens (tertiary/aromatic N) is 1. The molecule has 0 fully saturated rings. The van der Waals surface area contributed by atoms with Crippen LogP contribution in [-0.2, 0) is 9.73 Å². The Morgan fingerprint density at radius 1 is 1.06 bits per heavy atom. The Hall–Kier alpha value is -1.57. The van der Waals surface area contributed by atoms with Gasteiger partial charge in [-0.2, -0.15) is 4.36 Å². The molecule has 0 amide bonds. The molecule has 0 N–H and O–H groups in total. The summed E-state index contributed by atoms with van der Waals surface area (Å²) in [5.74, 6) is 0. The van der Waals surface area contributed by atoms with E-state index in [4.69, 9.17) is 6.42 Å². The highest BCUT2D eigenvalue weighted by Gasteiger charge is 2.08. The third-order valence-corrected chi connectivity index (χ3v) is 4.51. The lowest BCUT2D eigenvalue weighted by atomic mass is 10.3. The van der Waals surface area contributed by atoms with E-state index >= 15 is 0 Å². The van der Waals surface area contributed by atoms with E-state index in [0.717, 1.165) is 4.47 Å². The number of benzene rings is 2. The summed E-state index contributed by atoms with van der Waals surface area (Å²) in [6.07, 6.45) is 5.39. The Bertz CT molecular complexity index is 693. The van der Waals surface area contributed by atoms with Crippen LogP contribution in [0.4, 0.5) is 5.69 Å². The Morgan fingerprint density at radius 2 is 1.67 bits per heavy atom. The average molecular weight is 320 g/mol. The third kappa shape index (κ3) is 2.81. The van der Waals surface area contributed by atoms with E-state index in [-0.39, 0.29) is 0 Å². The predicted octanol–water partition coefficient (Wildman–Crippen LogP) is 4.20. The van der Waals surface area contributed by atoms with Gasteiger partial charge in [0.05, 0.1) is 10.6 Å². The summed E-state index contributed by atoms with van der Waals surface area (Å²) in [5, 5.41) is 2.31. The van der Waals surface area contributed by atoms with Gasteiger partial charge in [0.2, 0.25) is 0 Å². The van der Waals surface area contributed by atoms with Crippen molar-refractivity contribution in [2.24, 2.45) is 4.36 Å². The first kappa shape index (κ1) is 12.9. The van der Waals surface area contributed by atoms with Crippen molar-refractivity contribution in [1.82, 2.24) is 0 Å². The molecule has 0 aromatic heterocycles. The van der Waals surface area contributed by atoms with E-state index in [1.165, 1.54) is 0 Å². The molecule has 2 rings (SSSR count). The Kier molecular flexibility index (Phi) is 3.85. The zero-order valence-corrected chi connectivity index (χ0v) is 11.8. The minimum Gasteiger partial charge on any atom is -0.231 e. The zero-order valence-electron chi connectivity index (χ0n) is 9.42. The van der Waals surface area contributed by atoms with Crippen molar-refractivity contribution in [3.05, 3.63) is 59.1 Å². The number of halogens is 1. The second kappa shape index (κ2) is 5.38. The van der Waals surface area contributed by atoms with Crippen molar-refractivity contribution in [2.45, 2.75) is 4.90 Å². The topological polar surface area (TPSA) is 29.4 Å². The van der Waals surface area contributed by atoms with Gasteiger partial charge in [-0.05, 0) is 36.4 Å². The highest BCUT2D eigenvalue weighted by Crippen LogP contribution is 2.22. The molecule has 2 aromatic carbocycles. The van der Waals surface area contributed by atoms with Gasteiger partial charge in [-0.3, -0.25) is 0 Å². The molecule has 2 aromatic rings. The molecule has 0 aliphatic carbocycles. The van der Waals surface area contributed by atoms with Crippen LogP contribution in [-0.4, -0.2) is 4.21 Å². The molecule has 0 radical (unpaired) electrons. The van der Waals surface area contributed by atoms with Gasteiger partial charge >= 0.3 is 0 Å². The number of hydrogen-bond donors (Lipinski definition) is 0. The maximum atomic E-state index is 12.6. The fourth-order valence-electron chi connectivity index (χ4n) is 1.40. The molecule has 1 atom stereocenters. The molecule has 0 heterocycles. The first-order chi connectivity index (χ1) is 8.64. The highest BCUT2D eigenvalue weighted by molar-refractivity contribution is 9.10. The second-order valence-electron chi connectivity index (χ2n) is 3.52. The summed E-state index contributed by atoms with van der Waals surface area (Å²) in [6, 6.07) is 16.1. The molecule has 90 valence electrons. The van der Waals surface area contributed by atoms with Crippen molar-refractivity contribution in [3.63, 3.8) is 0 Å². The van der Waals surface area contributed by atoms with Crippen LogP contribution in [0.2, 0.25) is 0 Å². The van der Waals surface area contributed by atoms with Crippen LogP contribution in [0.15, 0.2) is 68.3 Å². The van der Waals surface area contributed by atoms with Gasteiger partial charge < -0.3 is 0 Å². The minimum atomic E-state index is -2.83. The zero-order chi connectivity index (χ0) is 13.0. The summed E-state index contributed by atoms with van der Waals surface area (Å²) in [6.45, 7) is 0. The summed E-state index contributed by atoms with van der Waals surface area (Å²) >= 11 is 3.33. The van der Waals surface area contributed by atoms with Gasteiger partial charge in [-0.1, -0.05) is 34.1 Å². The van der Waals surface area contributed by atoms with Gasteiger partial charge in [0.15, 0.2) is 0 Å². The van der Waals surface area contributed by atoms with Crippen molar-refractivity contribution in [3.8, 4) is 11.7 Å². The molecule has 0 saturated heterocycles. The molecule has 0 aliphatic heterocycles. The monoisotopic (exact) mass is 319 g/mol. The Balaban J connectivity index is 2.56. The quantitative estimate of drug-likeness (QED) is 0.763. The normalized spacial score (nSPS) is 13.3. The average Bonchev–Trinajstić information content (AvgIpc) is 2.42. The summed E-state index contributed by atoms with van der Waals surface area (Å²) in [5.41, 5.74) is 0.602. The van der Waals surface area contributed by atoms with Crippen LogP contribution < -0.4 is 0 Å². The number of rotatable bonds is 2. The van der Waals surface area contributed by atoms with E-state index in [9.17, 15) is 4.21 Å². The van der Waals surface area contributed by atoms with E-state index in [1.807, 2.05) is 18.2 Å². The standard InChI is InChI=1S/C14H10BrNOS/c1-2-18(17,14-6-4-3-5-7-14)16-13-10-8-12(15)9-11-13/h1,3-11H. The SMILES string of the molecule is C#CS(=O)(=Nc1ccc(Br)cc1)c1ccccc1. The second-order valence-corrected chi connectivity index (χ2v) is 6.38. The fraction of sp³-hybridized carbons (Fsp3) is 0.